The van der Waals surface area contributed by atoms with Gasteiger partial charge in [0.15, 0.2) is 0 Å². The molecule has 1 aromatic heterocycles. The SMILES string of the molecule is COCCCNC(=O)C(C#N)=Cc1cn(-c2ccccc2)nc1-c1cccc(S(=O)(=O)N2CCCC(C)C2)c1. The molecule has 0 saturated carbocycles. The monoisotopic (exact) mass is 547 g/mol. The number of piperidine rings is 1. The van der Waals surface area contributed by atoms with Crippen molar-refractivity contribution in [3.8, 4) is 23.0 Å². The minimum Gasteiger partial charge on any atom is -0.385 e. The van der Waals surface area contributed by atoms with Gasteiger partial charge in [-0.25, -0.2) is 13.1 Å². The molecule has 0 aliphatic carbocycles. The van der Waals surface area contributed by atoms with Crippen LogP contribution in [0.3, 0.4) is 0 Å². The molecule has 0 bridgehead atoms. The molecule has 1 N–H and O–H groups in total. The van der Waals surface area contributed by atoms with Crippen LogP contribution in [0.4, 0.5) is 0 Å². The first-order valence-electron chi connectivity index (χ1n) is 13.0. The van der Waals surface area contributed by atoms with E-state index < -0.39 is 15.9 Å². The highest BCUT2D eigenvalue weighted by atomic mass is 32.2. The summed E-state index contributed by atoms with van der Waals surface area (Å²) in [6, 6.07) is 18.1. The average Bonchev–Trinajstić information content (AvgIpc) is 3.38. The highest BCUT2D eigenvalue weighted by Gasteiger charge is 2.29. The summed E-state index contributed by atoms with van der Waals surface area (Å²) in [5.74, 6) is -0.192. The maximum absolute atomic E-state index is 13.5. The zero-order valence-electron chi connectivity index (χ0n) is 22.2. The Bertz CT molecular complexity index is 1470. The molecule has 9 nitrogen and oxygen atoms in total. The molecule has 1 amide bonds. The number of hydrogen-bond acceptors (Lipinski definition) is 6. The third kappa shape index (κ3) is 6.81. The van der Waals surface area contributed by atoms with E-state index in [0.717, 1.165) is 18.5 Å². The van der Waals surface area contributed by atoms with Crippen molar-refractivity contribution in [1.82, 2.24) is 19.4 Å². The van der Waals surface area contributed by atoms with Gasteiger partial charge in [0.05, 0.1) is 10.6 Å². The third-order valence-corrected chi connectivity index (χ3v) is 8.47. The molecule has 3 aromatic rings. The minimum absolute atomic E-state index is 0.0765. The number of nitrogens with zero attached hydrogens (tertiary/aromatic N) is 4. The first-order valence-corrected chi connectivity index (χ1v) is 14.4. The molecule has 39 heavy (non-hydrogen) atoms. The van der Waals surface area contributed by atoms with Gasteiger partial charge < -0.3 is 10.1 Å². The van der Waals surface area contributed by atoms with Gasteiger partial charge in [-0.1, -0.05) is 37.3 Å². The fraction of sp³-hybridized carbons (Fsp3) is 0.345. The number of benzene rings is 2. The summed E-state index contributed by atoms with van der Waals surface area (Å²) in [6.45, 7) is 3.92. The molecule has 2 aromatic carbocycles. The molecule has 2 heterocycles. The Hall–Kier alpha value is -3.78. The predicted octanol–water partition coefficient (Wildman–Crippen LogP) is 4.02. The standard InChI is InChI=1S/C29H33N5O4S/c1-22-9-7-15-33(20-22)39(36,37)27-13-6-10-23(18-27)28-25(21-34(32-28)26-11-4-3-5-12-26)17-24(19-30)29(35)31-14-8-16-38-2/h3-6,10-13,17-18,21-22H,7-9,14-16,20H2,1-2H3,(H,31,35). The lowest BCUT2D eigenvalue weighted by molar-refractivity contribution is -0.117. The molecular weight excluding hydrogens is 514 g/mol. The van der Waals surface area contributed by atoms with Gasteiger partial charge in [0.25, 0.3) is 5.91 Å². The van der Waals surface area contributed by atoms with Gasteiger partial charge in [-0.3, -0.25) is 4.79 Å². The fourth-order valence-corrected chi connectivity index (χ4v) is 6.21. The maximum Gasteiger partial charge on any atom is 0.261 e. The number of nitrogens with one attached hydrogen (secondary N) is 1. The Kier molecular flexibility index (Phi) is 9.30. The van der Waals surface area contributed by atoms with E-state index in [1.807, 2.05) is 36.4 Å². The maximum atomic E-state index is 13.5. The lowest BCUT2D eigenvalue weighted by Crippen LogP contribution is -2.39. The Morgan fingerprint density at radius 3 is 2.74 bits per heavy atom. The lowest BCUT2D eigenvalue weighted by atomic mass is 10.0. The largest absolute Gasteiger partial charge is 0.385 e. The predicted molar refractivity (Wildman–Crippen MR) is 149 cm³/mol. The summed E-state index contributed by atoms with van der Waals surface area (Å²) in [5.41, 5.74) is 2.26. The third-order valence-electron chi connectivity index (χ3n) is 6.60. The molecule has 4 rings (SSSR count). The molecule has 0 radical (unpaired) electrons. The number of methoxy groups -OCH3 is 1. The van der Waals surface area contributed by atoms with Crippen molar-refractivity contribution in [2.24, 2.45) is 5.92 Å². The molecule has 1 aliphatic heterocycles. The quantitative estimate of drug-likeness (QED) is 0.233. The van der Waals surface area contributed by atoms with Crippen molar-refractivity contribution in [3.05, 3.63) is 71.9 Å². The Labute approximate surface area is 229 Å². The Morgan fingerprint density at radius 1 is 1.23 bits per heavy atom. The van der Waals surface area contributed by atoms with E-state index in [-0.39, 0.29) is 10.5 Å². The molecule has 0 spiro atoms. The summed E-state index contributed by atoms with van der Waals surface area (Å²) in [7, 11) is -2.10. The number of amides is 1. The van der Waals surface area contributed by atoms with E-state index in [0.29, 0.717) is 55.4 Å². The van der Waals surface area contributed by atoms with Gasteiger partial charge in [0.2, 0.25) is 10.0 Å². The summed E-state index contributed by atoms with van der Waals surface area (Å²) < 4.78 is 35.1. The van der Waals surface area contributed by atoms with Gasteiger partial charge in [0, 0.05) is 50.7 Å². The number of rotatable bonds is 10. The first-order chi connectivity index (χ1) is 18.8. The highest BCUT2D eigenvalue weighted by Crippen LogP contribution is 2.30. The molecule has 1 saturated heterocycles. The first kappa shape index (κ1) is 28.2. The zero-order chi connectivity index (χ0) is 27.8. The van der Waals surface area contributed by atoms with E-state index in [9.17, 15) is 18.5 Å². The topological polar surface area (TPSA) is 117 Å². The van der Waals surface area contributed by atoms with Gasteiger partial charge in [-0.2, -0.15) is 14.7 Å². The number of nitriles is 1. The molecule has 10 heteroatoms. The fourth-order valence-electron chi connectivity index (χ4n) is 4.57. The zero-order valence-corrected chi connectivity index (χ0v) is 23.0. The second-order valence-corrected chi connectivity index (χ2v) is 11.6. The van der Waals surface area contributed by atoms with Crippen LogP contribution >= 0.6 is 0 Å². The number of carbonyl (C=O) groups is 1. The second-order valence-electron chi connectivity index (χ2n) is 9.62. The van der Waals surface area contributed by atoms with Crippen molar-refractivity contribution in [2.75, 3.05) is 33.4 Å². The summed E-state index contributed by atoms with van der Waals surface area (Å²) in [5, 5.41) is 17.2. The van der Waals surface area contributed by atoms with Gasteiger partial charge in [0.1, 0.15) is 17.3 Å². The minimum atomic E-state index is -3.68. The van der Waals surface area contributed by atoms with Crippen molar-refractivity contribution in [3.63, 3.8) is 0 Å². The molecule has 1 aliphatic rings. The Balaban J connectivity index is 1.74. The summed E-state index contributed by atoms with van der Waals surface area (Å²) in [6.07, 6.45) is 5.69. The van der Waals surface area contributed by atoms with Crippen molar-refractivity contribution in [2.45, 2.75) is 31.1 Å². The second kappa shape index (κ2) is 12.8. The van der Waals surface area contributed by atoms with Crippen molar-refractivity contribution >= 4 is 22.0 Å². The van der Waals surface area contributed by atoms with E-state index in [2.05, 4.69) is 12.2 Å². The number of carbonyl (C=O) groups excluding carboxylic acids is 1. The van der Waals surface area contributed by atoms with Crippen LogP contribution < -0.4 is 5.32 Å². The normalized spacial score (nSPS) is 16.5. The van der Waals surface area contributed by atoms with E-state index in [1.165, 1.54) is 6.08 Å². The van der Waals surface area contributed by atoms with Gasteiger partial charge in [-0.05, 0) is 55.5 Å². The molecule has 204 valence electrons. The number of hydrogen-bond donors (Lipinski definition) is 1. The van der Waals surface area contributed by atoms with E-state index >= 15 is 0 Å². The summed E-state index contributed by atoms with van der Waals surface area (Å²) >= 11 is 0. The molecule has 1 fully saturated rings. The number of ether oxygens (including phenoxy) is 1. The van der Waals surface area contributed by atoms with E-state index in [1.54, 1.807) is 46.6 Å². The van der Waals surface area contributed by atoms with Crippen LogP contribution in [-0.2, 0) is 19.6 Å². The lowest BCUT2D eigenvalue weighted by Gasteiger charge is -2.30. The smallest absolute Gasteiger partial charge is 0.261 e. The van der Waals surface area contributed by atoms with Crippen LogP contribution in [0.25, 0.3) is 23.0 Å². The van der Waals surface area contributed by atoms with Gasteiger partial charge >= 0.3 is 0 Å². The van der Waals surface area contributed by atoms with Crippen LogP contribution in [0.5, 0.6) is 0 Å². The number of aromatic nitrogens is 2. The molecular formula is C29H33N5O4S. The van der Waals surface area contributed by atoms with Crippen LogP contribution in [0.2, 0.25) is 0 Å². The van der Waals surface area contributed by atoms with Crippen LogP contribution in [0, 0.1) is 17.2 Å². The van der Waals surface area contributed by atoms with Crippen molar-refractivity contribution < 1.29 is 17.9 Å². The summed E-state index contributed by atoms with van der Waals surface area (Å²) in [4.78, 5) is 12.9. The average molecular weight is 548 g/mol. The van der Waals surface area contributed by atoms with Crippen LogP contribution in [0.15, 0.2) is 71.3 Å². The van der Waals surface area contributed by atoms with Crippen LogP contribution in [0.1, 0.15) is 31.7 Å². The van der Waals surface area contributed by atoms with Gasteiger partial charge in [-0.15, -0.1) is 0 Å². The number of sulfonamides is 1. The van der Waals surface area contributed by atoms with Crippen LogP contribution in [-0.4, -0.2) is 61.8 Å². The van der Waals surface area contributed by atoms with Crippen molar-refractivity contribution in [1.29, 1.82) is 5.26 Å². The number of para-hydroxylation sites is 1. The Morgan fingerprint density at radius 2 is 2.03 bits per heavy atom. The molecule has 1 atom stereocenters. The molecule has 1 unspecified atom stereocenters. The highest BCUT2D eigenvalue weighted by molar-refractivity contribution is 7.89. The van der Waals surface area contributed by atoms with E-state index in [4.69, 9.17) is 9.84 Å².